The van der Waals surface area contributed by atoms with Gasteiger partial charge in [-0.1, -0.05) is 41.4 Å². The highest BCUT2D eigenvalue weighted by molar-refractivity contribution is 6.37. The van der Waals surface area contributed by atoms with Crippen molar-refractivity contribution in [2.24, 2.45) is 0 Å². The Hall–Kier alpha value is -2.57. The monoisotopic (exact) mass is 347 g/mol. The molecule has 0 saturated carbocycles. The Bertz CT molecular complexity index is 864. The molecule has 3 N–H and O–H groups in total. The molecule has 1 aromatic heterocycles. The van der Waals surface area contributed by atoms with E-state index >= 15 is 0 Å². The number of hydrogen-bond acceptors (Lipinski definition) is 4. The Morgan fingerprint density at radius 2 is 1.87 bits per heavy atom. The van der Waals surface area contributed by atoms with E-state index in [1.807, 2.05) is 30.3 Å². The lowest BCUT2D eigenvalue weighted by molar-refractivity contribution is 0.102. The van der Waals surface area contributed by atoms with Crippen LogP contribution in [0.15, 0.2) is 48.5 Å². The van der Waals surface area contributed by atoms with Crippen LogP contribution >= 0.6 is 23.2 Å². The molecule has 0 aliphatic carbocycles. The van der Waals surface area contributed by atoms with E-state index in [9.17, 15) is 4.79 Å². The zero-order chi connectivity index (χ0) is 16.4. The predicted octanol–water partition coefficient (Wildman–Crippen LogP) is 3.41. The van der Waals surface area contributed by atoms with Crippen molar-refractivity contribution in [3.8, 4) is 5.69 Å². The molecule has 0 radical (unpaired) electrons. The Morgan fingerprint density at radius 3 is 2.57 bits per heavy atom. The second-order valence-corrected chi connectivity index (χ2v) is 5.46. The van der Waals surface area contributed by atoms with Crippen LogP contribution in [0.2, 0.25) is 10.0 Å². The number of amides is 1. The molecule has 1 heterocycles. The van der Waals surface area contributed by atoms with Crippen LogP contribution in [0.3, 0.4) is 0 Å². The first kappa shape index (κ1) is 15.3. The zero-order valence-corrected chi connectivity index (χ0v) is 13.2. The molecule has 23 heavy (non-hydrogen) atoms. The highest BCUT2D eigenvalue weighted by Crippen LogP contribution is 2.22. The van der Waals surface area contributed by atoms with Gasteiger partial charge in [0.15, 0.2) is 0 Å². The summed E-state index contributed by atoms with van der Waals surface area (Å²) in [5, 5.41) is 7.42. The number of rotatable bonds is 3. The number of carbonyl (C=O) groups is 1. The number of benzene rings is 2. The standard InChI is InChI=1S/C15H11Cl2N5O/c16-9-6-7-11(12(17)8-9)13(23)19-15-20-14(18)22(21-15)10-4-2-1-3-5-10/h1-8H,(H3,18,19,20,21,23). The summed E-state index contributed by atoms with van der Waals surface area (Å²) in [7, 11) is 0. The van der Waals surface area contributed by atoms with Crippen molar-refractivity contribution in [2.45, 2.75) is 0 Å². The third-order valence-electron chi connectivity index (χ3n) is 3.03. The van der Waals surface area contributed by atoms with E-state index < -0.39 is 5.91 Å². The maximum absolute atomic E-state index is 12.2. The van der Waals surface area contributed by atoms with Crippen molar-refractivity contribution in [1.82, 2.24) is 14.8 Å². The minimum absolute atomic E-state index is 0.0855. The van der Waals surface area contributed by atoms with E-state index in [0.717, 1.165) is 5.69 Å². The summed E-state index contributed by atoms with van der Waals surface area (Å²) in [4.78, 5) is 16.3. The smallest absolute Gasteiger partial charge is 0.259 e. The number of nitrogen functional groups attached to an aromatic ring is 1. The van der Waals surface area contributed by atoms with Crippen molar-refractivity contribution in [2.75, 3.05) is 11.1 Å². The number of hydrogen-bond donors (Lipinski definition) is 2. The lowest BCUT2D eigenvalue weighted by Gasteiger charge is -2.04. The first-order valence-electron chi connectivity index (χ1n) is 6.59. The summed E-state index contributed by atoms with van der Waals surface area (Å²) in [5.41, 5.74) is 6.84. The molecule has 1 amide bonds. The number of halogens is 2. The van der Waals surface area contributed by atoms with E-state index in [-0.39, 0.29) is 22.5 Å². The quantitative estimate of drug-likeness (QED) is 0.760. The number of nitrogens with zero attached hydrogens (tertiary/aromatic N) is 3. The number of para-hydroxylation sites is 1. The van der Waals surface area contributed by atoms with Gasteiger partial charge in [-0.05, 0) is 30.3 Å². The second-order valence-electron chi connectivity index (χ2n) is 4.62. The number of aromatic nitrogens is 3. The van der Waals surface area contributed by atoms with E-state index in [1.165, 1.54) is 16.8 Å². The Morgan fingerprint density at radius 1 is 1.13 bits per heavy atom. The number of nitrogens with one attached hydrogen (secondary N) is 1. The number of carbonyl (C=O) groups excluding carboxylic acids is 1. The average molecular weight is 348 g/mol. The van der Waals surface area contributed by atoms with Crippen LogP contribution in [0.1, 0.15) is 10.4 Å². The fourth-order valence-corrected chi connectivity index (χ4v) is 2.47. The molecule has 0 atom stereocenters. The van der Waals surface area contributed by atoms with Crippen LogP contribution in [0.25, 0.3) is 5.69 Å². The first-order valence-corrected chi connectivity index (χ1v) is 7.34. The fraction of sp³-hybridized carbons (Fsp3) is 0. The van der Waals surface area contributed by atoms with Gasteiger partial charge in [0.2, 0.25) is 5.95 Å². The molecule has 3 rings (SSSR count). The van der Waals surface area contributed by atoms with Crippen molar-refractivity contribution in [1.29, 1.82) is 0 Å². The van der Waals surface area contributed by atoms with Crippen molar-refractivity contribution in [3.05, 3.63) is 64.1 Å². The molecule has 6 nitrogen and oxygen atoms in total. The Labute approximate surface area is 141 Å². The Balaban J connectivity index is 1.85. The molecule has 8 heteroatoms. The highest BCUT2D eigenvalue weighted by atomic mass is 35.5. The first-order chi connectivity index (χ1) is 11.0. The molecule has 0 aliphatic heterocycles. The number of nitrogens with two attached hydrogens (primary N) is 1. The highest BCUT2D eigenvalue weighted by Gasteiger charge is 2.15. The van der Waals surface area contributed by atoms with E-state index in [1.54, 1.807) is 6.07 Å². The van der Waals surface area contributed by atoms with Gasteiger partial charge in [-0.25, -0.2) is 0 Å². The molecule has 2 aromatic carbocycles. The van der Waals surface area contributed by atoms with Crippen LogP contribution in [-0.2, 0) is 0 Å². The van der Waals surface area contributed by atoms with Crippen molar-refractivity contribution >= 4 is 41.0 Å². The van der Waals surface area contributed by atoms with E-state index in [4.69, 9.17) is 28.9 Å². The third kappa shape index (κ3) is 3.28. The summed E-state index contributed by atoms with van der Waals surface area (Å²) >= 11 is 11.8. The maximum atomic E-state index is 12.2. The summed E-state index contributed by atoms with van der Waals surface area (Å²) in [6.45, 7) is 0. The van der Waals surface area contributed by atoms with Crippen molar-refractivity contribution in [3.63, 3.8) is 0 Å². The minimum atomic E-state index is -0.447. The molecule has 0 saturated heterocycles. The van der Waals surface area contributed by atoms with Gasteiger partial charge in [-0.2, -0.15) is 9.67 Å². The third-order valence-corrected chi connectivity index (χ3v) is 3.58. The van der Waals surface area contributed by atoms with Crippen LogP contribution in [0.4, 0.5) is 11.9 Å². The summed E-state index contributed by atoms with van der Waals surface area (Å²) in [6.07, 6.45) is 0. The van der Waals surface area contributed by atoms with Gasteiger partial charge in [0, 0.05) is 5.02 Å². The molecular formula is C15H11Cl2N5O. The van der Waals surface area contributed by atoms with Gasteiger partial charge in [0.05, 0.1) is 16.3 Å². The van der Waals surface area contributed by atoms with Gasteiger partial charge in [0.25, 0.3) is 11.9 Å². The largest absolute Gasteiger partial charge is 0.368 e. The van der Waals surface area contributed by atoms with Gasteiger partial charge in [-0.3, -0.25) is 10.1 Å². The van der Waals surface area contributed by atoms with Gasteiger partial charge in [0.1, 0.15) is 0 Å². The SMILES string of the molecule is Nc1nc(NC(=O)c2ccc(Cl)cc2Cl)nn1-c1ccccc1. The summed E-state index contributed by atoms with van der Waals surface area (Å²) in [5.74, 6) is -0.201. The molecule has 3 aromatic rings. The van der Waals surface area contributed by atoms with Crippen LogP contribution in [-0.4, -0.2) is 20.7 Å². The summed E-state index contributed by atoms with van der Waals surface area (Å²) < 4.78 is 1.43. The molecule has 0 bridgehead atoms. The fourth-order valence-electron chi connectivity index (χ4n) is 1.98. The Kier molecular flexibility index (Phi) is 4.18. The second kappa shape index (κ2) is 6.28. The predicted molar refractivity (Wildman–Crippen MR) is 90.2 cm³/mol. The lowest BCUT2D eigenvalue weighted by atomic mass is 10.2. The number of anilines is 2. The molecule has 0 spiro atoms. The molecule has 116 valence electrons. The summed E-state index contributed by atoms with van der Waals surface area (Å²) in [6, 6.07) is 13.8. The van der Waals surface area contributed by atoms with Gasteiger partial charge >= 0.3 is 0 Å². The molecule has 0 unspecified atom stereocenters. The van der Waals surface area contributed by atoms with Crippen molar-refractivity contribution < 1.29 is 4.79 Å². The van der Waals surface area contributed by atoms with E-state index in [2.05, 4.69) is 15.4 Å². The lowest BCUT2D eigenvalue weighted by Crippen LogP contribution is -2.13. The molecule has 0 aliphatic rings. The van der Waals surface area contributed by atoms with Crippen LogP contribution in [0, 0.1) is 0 Å². The molecular weight excluding hydrogens is 337 g/mol. The van der Waals surface area contributed by atoms with E-state index in [0.29, 0.717) is 5.02 Å². The average Bonchev–Trinajstić information content (AvgIpc) is 2.88. The van der Waals surface area contributed by atoms with Gasteiger partial charge < -0.3 is 5.73 Å². The van der Waals surface area contributed by atoms with Gasteiger partial charge in [-0.15, -0.1) is 5.10 Å². The zero-order valence-electron chi connectivity index (χ0n) is 11.7. The minimum Gasteiger partial charge on any atom is -0.368 e. The normalized spacial score (nSPS) is 10.5. The topological polar surface area (TPSA) is 85.8 Å². The van der Waals surface area contributed by atoms with Crippen LogP contribution in [0.5, 0.6) is 0 Å². The molecule has 0 fully saturated rings. The maximum Gasteiger partial charge on any atom is 0.259 e. The van der Waals surface area contributed by atoms with Crippen LogP contribution < -0.4 is 11.1 Å².